The third kappa shape index (κ3) is 4.00. The van der Waals surface area contributed by atoms with Crippen LogP contribution in [0.1, 0.15) is 23.2 Å². The first-order valence-corrected chi connectivity index (χ1v) is 8.21. The van der Waals surface area contributed by atoms with E-state index < -0.39 is 6.04 Å². The predicted molar refractivity (Wildman–Crippen MR) is 97.2 cm³/mol. The number of para-hydroxylation sites is 1. The van der Waals surface area contributed by atoms with Crippen molar-refractivity contribution in [1.29, 1.82) is 0 Å². The van der Waals surface area contributed by atoms with Gasteiger partial charge in [0.25, 0.3) is 5.91 Å². The molecule has 0 saturated heterocycles. The highest BCUT2D eigenvalue weighted by atomic mass is 16.5. The average Bonchev–Trinajstić information content (AvgIpc) is 2.76. The standard InChI is InChI=1S/C19H19N3O4/c1-26-13-6-4-5-12(11-13)20-17(23)10-9-16-19(25)21-15-8-3-2-7-14(15)18(24)22-16/h2-8,11,16H,9-10H2,1H3,(H,20,23)(H,21,25)(H,22,24). The quantitative estimate of drug-likeness (QED) is 0.767. The summed E-state index contributed by atoms with van der Waals surface area (Å²) in [4.78, 5) is 36.7. The van der Waals surface area contributed by atoms with Crippen molar-refractivity contribution in [2.24, 2.45) is 0 Å². The smallest absolute Gasteiger partial charge is 0.254 e. The number of amides is 3. The molecule has 1 aliphatic rings. The molecule has 0 bridgehead atoms. The van der Waals surface area contributed by atoms with E-state index in [1.165, 1.54) is 0 Å². The lowest BCUT2D eigenvalue weighted by molar-refractivity contribution is -0.118. The Bertz CT molecular complexity index is 850. The maximum atomic E-state index is 12.3. The van der Waals surface area contributed by atoms with Crippen molar-refractivity contribution >= 4 is 29.1 Å². The molecule has 0 aromatic heterocycles. The van der Waals surface area contributed by atoms with Gasteiger partial charge >= 0.3 is 0 Å². The van der Waals surface area contributed by atoms with Crippen LogP contribution < -0.4 is 20.7 Å². The van der Waals surface area contributed by atoms with Crippen molar-refractivity contribution in [2.75, 3.05) is 17.7 Å². The highest BCUT2D eigenvalue weighted by Crippen LogP contribution is 2.20. The number of hydrogen-bond acceptors (Lipinski definition) is 4. The number of methoxy groups -OCH3 is 1. The van der Waals surface area contributed by atoms with Gasteiger partial charge in [-0.1, -0.05) is 18.2 Å². The predicted octanol–water partition coefficient (Wildman–Crippen LogP) is 2.16. The van der Waals surface area contributed by atoms with Crippen LogP contribution in [0.4, 0.5) is 11.4 Å². The van der Waals surface area contributed by atoms with Crippen LogP contribution in [0.15, 0.2) is 48.5 Å². The van der Waals surface area contributed by atoms with E-state index >= 15 is 0 Å². The zero-order valence-electron chi connectivity index (χ0n) is 14.2. The summed E-state index contributed by atoms with van der Waals surface area (Å²) in [7, 11) is 1.55. The second-order valence-corrected chi connectivity index (χ2v) is 5.88. The van der Waals surface area contributed by atoms with Gasteiger partial charge in [0.1, 0.15) is 11.8 Å². The van der Waals surface area contributed by atoms with Gasteiger partial charge in [-0.25, -0.2) is 0 Å². The zero-order valence-corrected chi connectivity index (χ0v) is 14.2. The van der Waals surface area contributed by atoms with Crippen molar-refractivity contribution in [2.45, 2.75) is 18.9 Å². The van der Waals surface area contributed by atoms with Crippen LogP contribution in [0.3, 0.4) is 0 Å². The molecule has 3 N–H and O–H groups in total. The van der Waals surface area contributed by atoms with Crippen LogP contribution >= 0.6 is 0 Å². The number of carbonyl (C=O) groups excluding carboxylic acids is 3. The molecule has 0 radical (unpaired) electrons. The molecule has 134 valence electrons. The normalized spacial score (nSPS) is 16.0. The van der Waals surface area contributed by atoms with Crippen LogP contribution in [0.5, 0.6) is 5.75 Å². The number of hydrogen-bond donors (Lipinski definition) is 3. The van der Waals surface area contributed by atoms with E-state index in [0.29, 0.717) is 22.7 Å². The number of fused-ring (bicyclic) bond motifs is 1. The molecule has 7 heteroatoms. The van der Waals surface area contributed by atoms with Crippen LogP contribution in [0.25, 0.3) is 0 Å². The van der Waals surface area contributed by atoms with Crippen molar-refractivity contribution in [3.05, 3.63) is 54.1 Å². The molecule has 26 heavy (non-hydrogen) atoms. The second-order valence-electron chi connectivity index (χ2n) is 5.88. The lowest BCUT2D eigenvalue weighted by Gasteiger charge is -2.14. The molecular formula is C19H19N3O4. The van der Waals surface area contributed by atoms with E-state index in [2.05, 4.69) is 16.0 Å². The Morgan fingerprint density at radius 2 is 1.96 bits per heavy atom. The molecule has 1 aliphatic heterocycles. The molecule has 1 heterocycles. The number of rotatable bonds is 5. The van der Waals surface area contributed by atoms with E-state index in [1.54, 1.807) is 55.6 Å². The Morgan fingerprint density at radius 3 is 2.77 bits per heavy atom. The fourth-order valence-electron chi connectivity index (χ4n) is 2.71. The number of ether oxygens (including phenoxy) is 1. The van der Waals surface area contributed by atoms with E-state index in [0.717, 1.165) is 0 Å². The van der Waals surface area contributed by atoms with Gasteiger partial charge in [-0.05, 0) is 30.7 Å². The highest BCUT2D eigenvalue weighted by Gasteiger charge is 2.27. The molecular weight excluding hydrogens is 334 g/mol. The van der Waals surface area contributed by atoms with Gasteiger partial charge in [-0.15, -0.1) is 0 Å². The summed E-state index contributed by atoms with van der Waals surface area (Å²) in [6.07, 6.45) is 0.285. The number of benzene rings is 2. The maximum Gasteiger partial charge on any atom is 0.254 e. The van der Waals surface area contributed by atoms with Crippen LogP contribution in [-0.2, 0) is 9.59 Å². The minimum atomic E-state index is -0.772. The van der Waals surface area contributed by atoms with Crippen molar-refractivity contribution in [3.63, 3.8) is 0 Å². The highest BCUT2D eigenvalue weighted by molar-refractivity contribution is 6.09. The molecule has 3 amide bonds. The largest absolute Gasteiger partial charge is 0.497 e. The summed E-state index contributed by atoms with van der Waals surface area (Å²) < 4.78 is 5.11. The Hall–Kier alpha value is -3.35. The minimum Gasteiger partial charge on any atom is -0.497 e. The molecule has 0 fully saturated rings. The first-order chi connectivity index (χ1) is 12.6. The Labute approximate surface area is 150 Å². The van der Waals surface area contributed by atoms with Gasteiger partial charge in [0.05, 0.1) is 18.4 Å². The Morgan fingerprint density at radius 1 is 1.15 bits per heavy atom. The van der Waals surface area contributed by atoms with Crippen LogP contribution in [-0.4, -0.2) is 30.9 Å². The molecule has 2 aromatic rings. The van der Waals surface area contributed by atoms with Gasteiger partial charge in [0.2, 0.25) is 11.8 Å². The van der Waals surface area contributed by atoms with Gasteiger partial charge < -0.3 is 20.7 Å². The van der Waals surface area contributed by atoms with E-state index in [1.807, 2.05) is 0 Å². The molecule has 7 nitrogen and oxygen atoms in total. The van der Waals surface area contributed by atoms with Crippen LogP contribution in [0.2, 0.25) is 0 Å². The summed E-state index contributed by atoms with van der Waals surface area (Å²) in [5.41, 5.74) is 1.48. The first-order valence-electron chi connectivity index (χ1n) is 8.21. The molecule has 3 rings (SSSR count). The summed E-state index contributed by atoms with van der Waals surface area (Å²) in [6, 6.07) is 13.0. The molecule has 1 atom stereocenters. The van der Waals surface area contributed by atoms with Crippen molar-refractivity contribution < 1.29 is 19.1 Å². The van der Waals surface area contributed by atoms with Gasteiger partial charge in [0.15, 0.2) is 0 Å². The SMILES string of the molecule is COc1cccc(NC(=O)CCC2NC(=O)c3ccccc3NC2=O)c1. The molecule has 0 aliphatic carbocycles. The van der Waals surface area contributed by atoms with Crippen molar-refractivity contribution in [3.8, 4) is 5.75 Å². The van der Waals surface area contributed by atoms with Gasteiger partial charge in [-0.2, -0.15) is 0 Å². The first kappa shape index (κ1) is 17.5. The third-order valence-electron chi connectivity index (χ3n) is 4.06. The number of carbonyl (C=O) groups is 3. The summed E-state index contributed by atoms with van der Waals surface area (Å²) >= 11 is 0. The van der Waals surface area contributed by atoms with E-state index in [9.17, 15) is 14.4 Å². The zero-order chi connectivity index (χ0) is 18.5. The second kappa shape index (κ2) is 7.69. The molecule has 1 unspecified atom stereocenters. The van der Waals surface area contributed by atoms with Gasteiger partial charge in [0, 0.05) is 18.2 Å². The number of nitrogens with one attached hydrogen (secondary N) is 3. The van der Waals surface area contributed by atoms with E-state index in [-0.39, 0.29) is 30.6 Å². The maximum absolute atomic E-state index is 12.3. The lowest BCUT2D eigenvalue weighted by Crippen LogP contribution is -2.41. The third-order valence-corrected chi connectivity index (χ3v) is 4.06. The topological polar surface area (TPSA) is 96.5 Å². The molecule has 2 aromatic carbocycles. The minimum absolute atomic E-state index is 0.0892. The summed E-state index contributed by atoms with van der Waals surface area (Å²) in [5, 5.41) is 8.14. The Balaban J connectivity index is 1.60. The van der Waals surface area contributed by atoms with E-state index in [4.69, 9.17) is 4.74 Å². The summed E-state index contributed by atoms with van der Waals surface area (Å²) in [6.45, 7) is 0. The lowest BCUT2D eigenvalue weighted by atomic mass is 10.1. The van der Waals surface area contributed by atoms with Gasteiger partial charge in [-0.3, -0.25) is 14.4 Å². The average molecular weight is 353 g/mol. The molecule has 0 saturated carbocycles. The van der Waals surface area contributed by atoms with Crippen LogP contribution in [0, 0.1) is 0 Å². The fourth-order valence-corrected chi connectivity index (χ4v) is 2.71. The Kier molecular flexibility index (Phi) is 5.17. The molecule has 0 spiro atoms. The van der Waals surface area contributed by atoms with Crippen molar-refractivity contribution in [1.82, 2.24) is 5.32 Å². The summed E-state index contributed by atoms with van der Waals surface area (Å²) in [5.74, 6) is -0.285. The monoisotopic (exact) mass is 353 g/mol. The number of anilines is 2. The fraction of sp³-hybridized carbons (Fsp3) is 0.211.